The Labute approximate surface area is 406 Å². The minimum Gasteiger partial charge on any atom is -0.310 e. The van der Waals surface area contributed by atoms with Gasteiger partial charge in [-0.25, -0.2) is 0 Å². The highest BCUT2D eigenvalue weighted by atomic mass is 15.1. The Morgan fingerprint density at radius 1 is 0.353 bits per heavy atom. The lowest BCUT2D eigenvalue weighted by atomic mass is 9.81. The normalized spacial score (nSPS) is 14.4. The van der Waals surface area contributed by atoms with Crippen LogP contribution in [0.5, 0.6) is 0 Å². The van der Waals surface area contributed by atoms with Crippen molar-refractivity contribution in [3.63, 3.8) is 0 Å². The summed E-state index contributed by atoms with van der Waals surface area (Å²) in [5.41, 5.74) is 25.2. The van der Waals surface area contributed by atoms with E-state index >= 15 is 0 Å². The van der Waals surface area contributed by atoms with E-state index in [1.165, 1.54) is 112 Å². The van der Waals surface area contributed by atoms with Crippen LogP contribution in [0.2, 0.25) is 0 Å². The van der Waals surface area contributed by atoms with Gasteiger partial charge in [0.1, 0.15) is 0 Å². The summed E-state index contributed by atoms with van der Waals surface area (Å²) >= 11 is 0. The smallest absolute Gasteiger partial charge is 0.0490 e. The molecule has 68 heavy (non-hydrogen) atoms. The molecule has 0 aliphatic heterocycles. The van der Waals surface area contributed by atoms with Crippen LogP contribution in [0.1, 0.15) is 125 Å². The van der Waals surface area contributed by atoms with Gasteiger partial charge in [0.2, 0.25) is 0 Å². The van der Waals surface area contributed by atoms with Crippen LogP contribution in [-0.4, -0.2) is 0 Å². The van der Waals surface area contributed by atoms with Crippen LogP contribution in [0.4, 0.5) is 34.1 Å². The second-order valence-electron chi connectivity index (χ2n) is 22.5. The van der Waals surface area contributed by atoms with Crippen LogP contribution < -0.4 is 9.80 Å². The lowest BCUT2D eigenvalue weighted by molar-refractivity contribution is 0.590. The molecule has 8 aromatic rings. The molecule has 8 aromatic carbocycles. The molecular formula is C66H66N2. The zero-order valence-electron chi connectivity index (χ0n) is 42.2. The van der Waals surface area contributed by atoms with Crippen molar-refractivity contribution in [1.29, 1.82) is 0 Å². The van der Waals surface area contributed by atoms with Gasteiger partial charge in [0.25, 0.3) is 0 Å². The van der Waals surface area contributed by atoms with Crippen molar-refractivity contribution < 1.29 is 0 Å². The van der Waals surface area contributed by atoms with E-state index in [0.717, 1.165) is 0 Å². The number of anilines is 6. The Balaban J connectivity index is 0.940. The first kappa shape index (κ1) is 44.9. The van der Waals surface area contributed by atoms with E-state index in [9.17, 15) is 0 Å². The number of nitrogens with zero attached hydrogens (tertiary/aromatic N) is 2. The highest BCUT2D eigenvalue weighted by Gasteiger charge is 2.38. The standard InChI is InChI=1S/C66H66N2/c1-43-17-13-15-19-61(43)67(49-29-25-47(26-30-49)63(3,4)5)51-33-37-55-53-35-23-45(39-57(53)65(9,10)59(55)41-51)21-22-46-24-36-54-56-38-34-52(42-60(56)66(11,12)58(54)40-46)68(62-20-16-14-18-44(62)2)50-31-27-48(28-32-50)64(6,7)8/h13-42H,1-12H3/b22-21+. The third-order valence-corrected chi connectivity index (χ3v) is 15.0. The summed E-state index contributed by atoms with van der Waals surface area (Å²) in [4.78, 5) is 4.86. The summed E-state index contributed by atoms with van der Waals surface area (Å²) in [6.07, 6.45) is 4.59. The fraction of sp³-hybridized carbons (Fsp3) is 0.242. The first-order chi connectivity index (χ1) is 32.3. The molecule has 340 valence electrons. The molecule has 0 aromatic heterocycles. The number of hydrogen-bond donors (Lipinski definition) is 0. The summed E-state index contributed by atoms with van der Waals surface area (Å²) in [5, 5.41) is 0. The maximum absolute atomic E-state index is 2.44. The number of hydrogen-bond acceptors (Lipinski definition) is 2. The fourth-order valence-corrected chi connectivity index (χ4v) is 10.9. The number of fused-ring (bicyclic) bond motifs is 6. The third kappa shape index (κ3) is 7.78. The van der Waals surface area contributed by atoms with E-state index in [2.05, 4.69) is 275 Å². The molecule has 2 heteroatoms. The predicted octanol–water partition coefficient (Wildman–Crippen LogP) is 18.6. The van der Waals surface area contributed by atoms with Gasteiger partial charge in [0, 0.05) is 45.0 Å². The molecule has 0 heterocycles. The number of aryl methyl sites for hydroxylation is 2. The molecule has 0 N–H and O–H groups in total. The average molecular weight is 887 g/mol. The van der Waals surface area contributed by atoms with Crippen molar-refractivity contribution in [2.75, 3.05) is 9.80 Å². The van der Waals surface area contributed by atoms with Gasteiger partial charge in [-0.05, 0) is 163 Å². The Morgan fingerprint density at radius 2 is 0.662 bits per heavy atom. The number of rotatable bonds is 8. The molecule has 2 nitrogen and oxygen atoms in total. The summed E-state index contributed by atoms with van der Waals surface area (Å²) in [7, 11) is 0. The van der Waals surface area contributed by atoms with Gasteiger partial charge in [-0.1, -0.05) is 191 Å². The Bertz CT molecular complexity index is 3030. The Morgan fingerprint density at radius 3 is 1.00 bits per heavy atom. The van der Waals surface area contributed by atoms with Gasteiger partial charge >= 0.3 is 0 Å². The molecule has 0 amide bonds. The van der Waals surface area contributed by atoms with Crippen LogP contribution in [0, 0.1) is 13.8 Å². The zero-order valence-corrected chi connectivity index (χ0v) is 42.2. The summed E-state index contributed by atoms with van der Waals surface area (Å²) < 4.78 is 0. The molecule has 0 unspecified atom stereocenters. The van der Waals surface area contributed by atoms with Gasteiger partial charge < -0.3 is 9.80 Å². The highest BCUT2D eigenvalue weighted by molar-refractivity contribution is 5.89. The molecular weight excluding hydrogens is 821 g/mol. The topological polar surface area (TPSA) is 6.48 Å². The molecule has 0 saturated heterocycles. The highest BCUT2D eigenvalue weighted by Crippen LogP contribution is 2.53. The minimum atomic E-state index is -0.176. The van der Waals surface area contributed by atoms with E-state index in [1.807, 2.05) is 0 Å². The number of benzene rings is 8. The van der Waals surface area contributed by atoms with Crippen LogP contribution in [0.25, 0.3) is 34.4 Å². The van der Waals surface area contributed by atoms with Gasteiger partial charge in [-0.2, -0.15) is 0 Å². The second-order valence-corrected chi connectivity index (χ2v) is 22.5. The van der Waals surface area contributed by atoms with Crippen molar-refractivity contribution >= 4 is 46.3 Å². The Kier molecular flexibility index (Phi) is 10.8. The lowest BCUT2D eigenvalue weighted by Gasteiger charge is -2.30. The van der Waals surface area contributed by atoms with E-state index in [0.29, 0.717) is 0 Å². The molecule has 2 aliphatic carbocycles. The maximum atomic E-state index is 2.44. The van der Waals surface area contributed by atoms with Crippen LogP contribution >= 0.6 is 0 Å². The quantitative estimate of drug-likeness (QED) is 0.140. The molecule has 0 atom stereocenters. The molecule has 0 spiro atoms. The van der Waals surface area contributed by atoms with E-state index in [1.54, 1.807) is 0 Å². The van der Waals surface area contributed by atoms with Crippen molar-refractivity contribution in [3.8, 4) is 22.3 Å². The fourth-order valence-electron chi connectivity index (χ4n) is 10.9. The summed E-state index contributed by atoms with van der Waals surface area (Å²) in [6.45, 7) is 27.6. The van der Waals surface area contributed by atoms with Crippen LogP contribution in [-0.2, 0) is 21.7 Å². The zero-order chi connectivity index (χ0) is 47.9. The van der Waals surface area contributed by atoms with E-state index in [-0.39, 0.29) is 21.7 Å². The molecule has 0 radical (unpaired) electrons. The van der Waals surface area contributed by atoms with Gasteiger partial charge in [0.15, 0.2) is 0 Å². The first-order valence-electron chi connectivity index (χ1n) is 24.5. The van der Waals surface area contributed by atoms with Gasteiger partial charge in [-0.15, -0.1) is 0 Å². The Hall–Kier alpha value is -6.90. The monoisotopic (exact) mass is 887 g/mol. The SMILES string of the molecule is Cc1ccccc1N(c1ccc(C(C)(C)C)cc1)c1ccc2c(c1)C(C)(C)c1cc(/C=C/c3ccc4c(c3)C(C)(C)c3cc(N(c5ccc(C(C)(C)C)cc5)c5ccccc5C)ccc3-4)ccc1-2. The molecule has 0 bridgehead atoms. The van der Waals surface area contributed by atoms with E-state index in [4.69, 9.17) is 0 Å². The minimum absolute atomic E-state index is 0.0890. The van der Waals surface area contributed by atoms with Gasteiger partial charge in [-0.3, -0.25) is 0 Å². The van der Waals surface area contributed by atoms with E-state index < -0.39 is 0 Å². The summed E-state index contributed by atoms with van der Waals surface area (Å²) in [6, 6.07) is 64.0. The van der Waals surface area contributed by atoms with Crippen molar-refractivity contribution in [2.45, 2.75) is 105 Å². The van der Waals surface area contributed by atoms with Crippen molar-refractivity contribution in [1.82, 2.24) is 0 Å². The summed E-state index contributed by atoms with van der Waals surface area (Å²) in [5.74, 6) is 0. The van der Waals surface area contributed by atoms with Gasteiger partial charge in [0.05, 0.1) is 0 Å². The maximum Gasteiger partial charge on any atom is 0.0490 e. The van der Waals surface area contributed by atoms with Crippen molar-refractivity contribution in [3.05, 3.63) is 225 Å². The largest absolute Gasteiger partial charge is 0.310 e. The molecule has 0 fully saturated rings. The van der Waals surface area contributed by atoms with Crippen molar-refractivity contribution in [2.24, 2.45) is 0 Å². The predicted molar refractivity (Wildman–Crippen MR) is 293 cm³/mol. The lowest BCUT2D eigenvalue weighted by Crippen LogP contribution is -2.17. The first-order valence-corrected chi connectivity index (χ1v) is 24.5. The molecule has 10 rings (SSSR count). The third-order valence-electron chi connectivity index (χ3n) is 15.0. The molecule has 2 aliphatic rings. The second kappa shape index (κ2) is 16.4. The average Bonchev–Trinajstić information content (AvgIpc) is 3.67. The molecule has 0 saturated carbocycles. The van der Waals surface area contributed by atoms with Crippen LogP contribution in [0.3, 0.4) is 0 Å². The van der Waals surface area contributed by atoms with Crippen LogP contribution in [0.15, 0.2) is 170 Å². The number of para-hydroxylation sites is 2.